The molecule has 0 fully saturated rings. The molecule has 7 rings (SSSR count). The maximum atomic E-state index is 6.11. The molecule has 0 saturated heterocycles. The van der Waals surface area contributed by atoms with E-state index in [1.54, 1.807) is 0 Å². The van der Waals surface area contributed by atoms with Gasteiger partial charge in [0.15, 0.2) is 0 Å². The molecule has 4 aromatic carbocycles. The summed E-state index contributed by atoms with van der Waals surface area (Å²) in [4.78, 5) is 14.8. The molecule has 0 saturated carbocycles. The summed E-state index contributed by atoms with van der Waals surface area (Å²) in [6.07, 6.45) is 0. The van der Waals surface area contributed by atoms with Crippen LogP contribution >= 0.6 is 0 Å². The summed E-state index contributed by atoms with van der Waals surface area (Å²) in [6.45, 7) is 1.50. The van der Waals surface area contributed by atoms with Crippen molar-refractivity contribution in [3.63, 3.8) is 0 Å². The van der Waals surface area contributed by atoms with Crippen LogP contribution in [0.3, 0.4) is 0 Å². The van der Waals surface area contributed by atoms with Crippen molar-refractivity contribution in [2.45, 2.75) is 18.1 Å². The van der Waals surface area contributed by atoms with Crippen molar-refractivity contribution in [1.82, 2.24) is 0 Å². The zero-order chi connectivity index (χ0) is 26.0. The minimum atomic E-state index is -0.0432. The van der Waals surface area contributed by atoms with Gasteiger partial charge in [-0.15, -0.1) is 0 Å². The van der Waals surface area contributed by atoms with Crippen molar-refractivity contribution in [2.24, 2.45) is 15.0 Å². The number of aliphatic imine (C=N–C) groups is 3. The van der Waals surface area contributed by atoms with Crippen LogP contribution in [0.15, 0.2) is 124 Å². The summed E-state index contributed by atoms with van der Waals surface area (Å²) < 4.78 is 18.3. The van der Waals surface area contributed by atoms with Gasteiger partial charge in [0.05, 0.1) is 0 Å². The molecule has 0 aliphatic carbocycles. The predicted molar refractivity (Wildman–Crippen MR) is 151 cm³/mol. The van der Waals surface area contributed by atoms with E-state index in [-0.39, 0.29) is 18.1 Å². The van der Waals surface area contributed by atoms with E-state index in [4.69, 9.17) is 29.2 Å². The quantitative estimate of drug-likeness (QED) is 0.307. The Hall–Kier alpha value is -4.71. The summed E-state index contributed by atoms with van der Waals surface area (Å²) in [6, 6.07) is 36.6. The molecule has 0 amide bonds. The lowest BCUT2D eigenvalue weighted by Gasteiger charge is -2.10. The highest BCUT2D eigenvalue weighted by atomic mass is 16.5. The van der Waals surface area contributed by atoms with E-state index >= 15 is 0 Å². The Morgan fingerprint density at radius 3 is 0.974 bits per heavy atom. The Bertz CT molecular complexity index is 1360. The molecule has 3 heterocycles. The highest BCUT2D eigenvalue weighted by Gasteiger charge is 2.28. The van der Waals surface area contributed by atoms with Crippen molar-refractivity contribution in [2.75, 3.05) is 19.8 Å². The van der Waals surface area contributed by atoms with Crippen molar-refractivity contribution < 1.29 is 14.2 Å². The zero-order valence-electron chi connectivity index (χ0n) is 21.3. The molecule has 0 spiro atoms. The lowest BCUT2D eigenvalue weighted by Crippen LogP contribution is -2.10. The maximum absolute atomic E-state index is 6.11. The Morgan fingerprint density at radius 2 is 0.692 bits per heavy atom. The van der Waals surface area contributed by atoms with E-state index in [0.29, 0.717) is 37.5 Å². The third-order valence-corrected chi connectivity index (χ3v) is 7.18. The van der Waals surface area contributed by atoms with Crippen LogP contribution in [0.4, 0.5) is 0 Å². The highest BCUT2D eigenvalue weighted by molar-refractivity contribution is 6.05. The van der Waals surface area contributed by atoms with Crippen LogP contribution in [-0.2, 0) is 14.2 Å². The number of hydrogen-bond donors (Lipinski definition) is 0. The van der Waals surface area contributed by atoms with E-state index in [9.17, 15) is 0 Å². The van der Waals surface area contributed by atoms with Crippen LogP contribution in [0.1, 0.15) is 51.5 Å². The van der Waals surface area contributed by atoms with Gasteiger partial charge in [-0.25, -0.2) is 15.0 Å². The van der Waals surface area contributed by atoms with Gasteiger partial charge in [-0.1, -0.05) is 91.0 Å². The normalized spacial score (nSPS) is 21.8. The standard InChI is InChI=1S/C33H27N3O3/c1-4-10-22(11-5-1)28-19-37-31(34-28)25-16-26(32-35-29(20-38-32)23-12-6-2-7-13-23)18-27(17-25)33-36-30(21-39-33)24-14-8-3-9-15-24/h1-18,28-30H,19-21H2/t28-,29-,30-/m0/s1. The van der Waals surface area contributed by atoms with Crippen LogP contribution < -0.4 is 0 Å². The van der Waals surface area contributed by atoms with Crippen LogP contribution in [-0.4, -0.2) is 37.5 Å². The van der Waals surface area contributed by atoms with Crippen molar-refractivity contribution in [3.8, 4) is 0 Å². The Morgan fingerprint density at radius 1 is 0.410 bits per heavy atom. The minimum Gasteiger partial charge on any atom is -0.475 e. The molecule has 0 bridgehead atoms. The lowest BCUT2D eigenvalue weighted by molar-refractivity contribution is 0.318. The zero-order valence-corrected chi connectivity index (χ0v) is 21.3. The summed E-state index contributed by atoms with van der Waals surface area (Å²) >= 11 is 0. The largest absolute Gasteiger partial charge is 0.475 e. The highest BCUT2D eigenvalue weighted by Crippen LogP contribution is 2.30. The van der Waals surface area contributed by atoms with Gasteiger partial charge in [0.25, 0.3) is 0 Å². The van der Waals surface area contributed by atoms with Gasteiger partial charge < -0.3 is 14.2 Å². The van der Waals surface area contributed by atoms with Crippen molar-refractivity contribution in [1.29, 1.82) is 0 Å². The molecule has 4 aromatic rings. The molecule has 0 unspecified atom stereocenters. The number of ether oxygens (including phenoxy) is 3. The van der Waals surface area contributed by atoms with E-state index in [1.165, 1.54) is 0 Å². The van der Waals surface area contributed by atoms with Crippen LogP contribution in [0.5, 0.6) is 0 Å². The molecular formula is C33H27N3O3. The number of benzene rings is 4. The fourth-order valence-electron chi connectivity index (χ4n) is 5.13. The van der Waals surface area contributed by atoms with E-state index < -0.39 is 0 Å². The van der Waals surface area contributed by atoms with Gasteiger partial charge in [0.2, 0.25) is 17.7 Å². The monoisotopic (exact) mass is 513 g/mol. The second-order valence-electron chi connectivity index (χ2n) is 9.81. The van der Waals surface area contributed by atoms with Gasteiger partial charge in [0.1, 0.15) is 37.9 Å². The number of nitrogens with zero attached hydrogens (tertiary/aromatic N) is 3. The third-order valence-electron chi connectivity index (χ3n) is 7.18. The molecule has 192 valence electrons. The van der Waals surface area contributed by atoms with Gasteiger partial charge in [-0.3, -0.25) is 0 Å². The topological polar surface area (TPSA) is 64.8 Å². The summed E-state index contributed by atoms with van der Waals surface area (Å²) in [7, 11) is 0. The molecule has 3 aliphatic rings. The number of hydrogen-bond acceptors (Lipinski definition) is 6. The molecule has 3 atom stereocenters. The second kappa shape index (κ2) is 10.2. The third kappa shape index (κ3) is 4.81. The molecule has 3 aliphatic heterocycles. The molecule has 0 radical (unpaired) electrons. The molecule has 0 N–H and O–H groups in total. The van der Waals surface area contributed by atoms with Crippen molar-refractivity contribution >= 4 is 17.7 Å². The minimum absolute atomic E-state index is 0.0432. The predicted octanol–water partition coefficient (Wildman–Crippen LogP) is 6.24. The fourth-order valence-corrected chi connectivity index (χ4v) is 5.13. The van der Waals surface area contributed by atoms with E-state index in [1.807, 2.05) is 72.8 Å². The average molecular weight is 514 g/mol. The van der Waals surface area contributed by atoms with Gasteiger partial charge >= 0.3 is 0 Å². The molecule has 39 heavy (non-hydrogen) atoms. The first-order chi connectivity index (χ1) is 19.3. The van der Waals surface area contributed by atoms with E-state index in [2.05, 4.69) is 36.4 Å². The first-order valence-electron chi connectivity index (χ1n) is 13.2. The smallest absolute Gasteiger partial charge is 0.216 e. The van der Waals surface area contributed by atoms with Crippen LogP contribution in [0.2, 0.25) is 0 Å². The van der Waals surface area contributed by atoms with Crippen LogP contribution in [0.25, 0.3) is 0 Å². The first-order valence-corrected chi connectivity index (χ1v) is 13.2. The van der Waals surface area contributed by atoms with Gasteiger partial charge in [-0.2, -0.15) is 0 Å². The van der Waals surface area contributed by atoms with Crippen molar-refractivity contribution in [3.05, 3.63) is 143 Å². The van der Waals surface area contributed by atoms with Gasteiger partial charge in [0, 0.05) is 16.7 Å². The molecule has 6 nitrogen and oxygen atoms in total. The Kier molecular flexibility index (Phi) is 6.13. The van der Waals surface area contributed by atoms with Crippen LogP contribution in [0, 0.1) is 0 Å². The molecule has 6 heteroatoms. The average Bonchev–Trinajstić information content (AvgIpc) is 3.80. The Labute approximate surface area is 227 Å². The molecular weight excluding hydrogens is 486 g/mol. The first kappa shape index (κ1) is 23.4. The SMILES string of the molecule is c1ccc([C@@H]2COC(c3cc(C4=N[C@H](c5ccccc5)CO4)cc(C4=N[C@H](c5ccccc5)CO4)c3)=N2)cc1. The Balaban J connectivity index is 1.26. The molecule has 0 aromatic heterocycles. The second-order valence-corrected chi connectivity index (χ2v) is 9.81. The van der Waals surface area contributed by atoms with E-state index in [0.717, 1.165) is 33.4 Å². The fraction of sp³-hybridized carbons (Fsp3) is 0.182. The summed E-state index contributed by atoms with van der Waals surface area (Å²) in [5.74, 6) is 1.80. The number of rotatable bonds is 6. The summed E-state index contributed by atoms with van der Waals surface area (Å²) in [5, 5.41) is 0. The van der Waals surface area contributed by atoms with Gasteiger partial charge in [-0.05, 0) is 34.9 Å². The summed E-state index contributed by atoms with van der Waals surface area (Å²) in [5.41, 5.74) is 5.95. The maximum Gasteiger partial charge on any atom is 0.216 e. The lowest BCUT2D eigenvalue weighted by atomic mass is 10.0.